The van der Waals surface area contributed by atoms with Crippen LogP contribution in [0.15, 0.2) is 24.3 Å². The summed E-state index contributed by atoms with van der Waals surface area (Å²) in [5.74, 6) is 0. The molecular formula is C14H20N2. The third kappa shape index (κ3) is 2.45. The minimum absolute atomic E-state index is 0.159. The molecule has 0 aliphatic rings. The van der Waals surface area contributed by atoms with Crippen molar-refractivity contribution in [1.29, 1.82) is 0 Å². The summed E-state index contributed by atoms with van der Waals surface area (Å²) in [4.78, 5) is 3.47. The Morgan fingerprint density at radius 2 is 2.00 bits per heavy atom. The quantitative estimate of drug-likeness (QED) is 0.791. The number of hydrogen-bond acceptors (Lipinski definition) is 1. The summed E-state index contributed by atoms with van der Waals surface area (Å²) in [7, 11) is 0. The molecule has 16 heavy (non-hydrogen) atoms. The normalized spacial score (nSPS) is 12.2. The molecule has 0 saturated carbocycles. The second-order valence-electron chi connectivity index (χ2n) is 5.44. The van der Waals surface area contributed by atoms with Crippen LogP contribution in [0, 0.1) is 6.92 Å². The molecule has 1 aromatic carbocycles. The molecule has 1 heterocycles. The first-order valence-corrected chi connectivity index (χ1v) is 5.78. The van der Waals surface area contributed by atoms with E-state index in [1.165, 1.54) is 22.2 Å². The fourth-order valence-corrected chi connectivity index (χ4v) is 1.82. The molecule has 0 saturated heterocycles. The van der Waals surface area contributed by atoms with Crippen LogP contribution >= 0.6 is 0 Å². The van der Waals surface area contributed by atoms with E-state index in [9.17, 15) is 0 Å². The number of H-pyrrole nitrogens is 1. The standard InChI is InChI=1S/C14H20N2/c1-10-6-5-7-11-8-12(16-13(10)11)9-15-14(2,3)4/h5-8,15-16H,9H2,1-4H3. The van der Waals surface area contributed by atoms with Crippen LogP contribution in [0.3, 0.4) is 0 Å². The number of para-hydroxylation sites is 1. The number of aromatic nitrogens is 1. The van der Waals surface area contributed by atoms with Crippen molar-refractivity contribution in [3.63, 3.8) is 0 Å². The van der Waals surface area contributed by atoms with Gasteiger partial charge in [-0.1, -0.05) is 18.2 Å². The van der Waals surface area contributed by atoms with Gasteiger partial charge in [0.2, 0.25) is 0 Å². The zero-order valence-corrected chi connectivity index (χ0v) is 10.5. The maximum Gasteiger partial charge on any atom is 0.0486 e. The highest BCUT2D eigenvalue weighted by molar-refractivity contribution is 5.83. The Labute approximate surface area is 97.1 Å². The molecule has 2 heteroatoms. The van der Waals surface area contributed by atoms with Crippen LogP contribution in [0.4, 0.5) is 0 Å². The number of fused-ring (bicyclic) bond motifs is 1. The zero-order valence-electron chi connectivity index (χ0n) is 10.5. The molecule has 86 valence electrons. The van der Waals surface area contributed by atoms with Crippen LogP contribution in [0.5, 0.6) is 0 Å². The van der Waals surface area contributed by atoms with Gasteiger partial charge in [0.15, 0.2) is 0 Å². The van der Waals surface area contributed by atoms with Crippen molar-refractivity contribution < 1.29 is 0 Å². The Morgan fingerprint density at radius 1 is 1.25 bits per heavy atom. The predicted molar refractivity (Wildman–Crippen MR) is 69.6 cm³/mol. The topological polar surface area (TPSA) is 27.8 Å². The largest absolute Gasteiger partial charge is 0.357 e. The summed E-state index contributed by atoms with van der Waals surface area (Å²) in [5, 5.41) is 4.78. The van der Waals surface area contributed by atoms with Crippen LogP contribution in [-0.2, 0) is 6.54 Å². The Kier molecular flexibility index (Phi) is 2.76. The number of aromatic amines is 1. The molecule has 2 rings (SSSR count). The number of hydrogen-bond donors (Lipinski definition) is 2. The lowest BCUT2D eigenvalue weighted by Crippen LogP contribution is -2.35. The minimum atomic E-state index is 0.159. The fourth-order valence-electron chi connectivity index (χ4n) is 1.82. The second kappa shape index (κ2) is 3.95. The van der Waals surface area contributed by atoms with Gasteiger partial charge in [-0.3, -0.25) is 0 Å². The van der Waals surface area contributed by atoms with Crippen molar-refractivity contribution in [1.82, 2.24) is 10.3 Å². The number of benzene rings is 1. The van der Waals surface area contributed by atoms with Gasteiger partial charge in [0, 0.05) is 23.3 Å². The van der Waals surface area contributed by atoms with Crippen molar-refractivity contribution in [2.24, 2.45) is 0 Å². The van der Waals surface area contributed by atoms with E-state index in [0.717, 1.165) is 6.54 Å². The smallest absolute Gasteiger partial charge is 0.0486 e. The molecule has 0 fully saturated rings. The Balaban J connectivity index is 2.24. The van der Waals surface area contributed by atoms with Crippen molar-refractivity contribution in [3.8, 4) is 0 Å². The summed E-state index contributed by atoms with van der Waals surface area (Å²) < 4.78 is 0. The number of aryl methyl sites for hydroxylation is 1. The van der Waals surface area contributed by atoms with Crippen molar-refractivity contribution >= 4 is 10.9 Å². The van der Waals surface area contributed by atoms with Crippen molar-refractivity contribution in [2.75, 3.05) is 0 Å². The molecule has 2 nitrogen and oxygen atoms in total. The Hall–Kier alpha value is -1.28. The summed E-state index contributed by atoms with van der Waals surface area (Å²) in [6.07, 6.45) is 0. The SMILES string of the molecule is Cc1cccc2cc(CNC(C)(C)C)[nH]c12. The monoisotopic (exact) mass is 216 g/mol. The molecule has 2 N–H and O–H groups in total. The van der Waals surface area contributed by atoms with Gasteiger partial charge in [-0.15, -0.1) is 0 Å². The molecule has 0 spiro atoms. The lowest BCUT2D eigenvalue weighted by atomic mass is 10.1. The Bertz CT molecular complexity index is 489. The molecule has 0 atom stereocenters. The van der Waals surface area contributed by atoms with Gasteiger partial charge in [0.25, 0.3) is 0 Å². The van der Waals surface area contributed by atoms with E-state index in [0.29, 0.717) is 0 Å². The second-order valence-corrected chi connectivity index (χ2v) is 5.44. The maximum atomic E-state index is 3.49. The first kappa shape index (κ1) is 11.2. The van der Waals surface area contributed by atoms with Gasteiger partial charge in [-0.2, -0.15) is 0 Å². The predicted octanol–water partition coefficient (Wildman–Crippen LogP) is 3.36. The third-order valence-corrected chi connectivity index (χ3v) is 2.73. The highest BCUT2D eigenvalue weighted by Gasteiger charge is 2.09. The van der Waals surface area contributed by atoms with Crippen LogP contribution in [0.2, 0.25) is 0 Å². The van der Waals surface area contributed by atoms with Gasteiger partial charge in [0.05, 0.1) is 0 Å². The first-order chi connectivity index (χ1) is 7.46. The van der Waals surface area contributed by atoms with Gasteiger partial charge < -0.3 is 10.3 Å². The molecule has 0 radical (unpaired) electrons. The molecule has 0 aliphatic carbocycles. The summed E-state index contributed by atoms with van der Waals surface area (Å²) in [6.45, 7) is 9.57. The first-order valence-electron chi connectivity index (χ1n) is 5.78. The molecule has 0 amide bonds. The summed E-state index contributed by atoms with van der Waals surface area (Å²) >= 11 is 0. The zero-order chi connectivity index (χ0) is 11.8. The van der Waals surface area contributed by atoms with E-state index in [1.54, 1.807) is 0 Å². The molecular weight excluding hydrogens is 196 g/mol. The van der Waals surface area contributed by atoms with Crippen molar-refractivity contribution in [3.05, 3.63) is 35.5 Å². The van der Waals surface area contributed by atoms with E-state index < -0.39 is 0 Å². The lowest BCUT2D eigenvalue weighted by Gasteiger charge is -2.19. The third-order valence-electron chi connectivity index (χ3n) is 2.73. The number of nitrogens with one attached hydrogen (secondary N) is 2. The average Bonchev–Trinajstić information content (AvgIpc) is 2.58. The molecule has 0 unspecified atom stereocenters. The highest BCUT2D eigenvalue weighted by atomic mass is 15.0. The lowest BCUT2D eigenvalue weighted by molar-refractivity contribution is 0.422. The maximum absolute atomic E-state index is 3.49. The van der Waals surface area contributed by atoms with Crippen LogP contribution in [0.1, 0.15) is 32.0 Å². The van der Waals surface area contributed by atoms with E-state index in [-0.39, 0.29) is 5.54 Å². The van der Waals surface area contributed by atoms with Gasteiger partial charge in [-0.05, 0) is 44.7 Å². The fraction of sp³-hybridized carbons (Fsp3) is 0.429. The summed E-state index contributed by atoms with van der Waals surface area (Å²) in [6, 6.07) is 8.62. The van der Waals surface area contributed by atoms with E-state index in [4.69, 9.17) is 0 Å². The van der Waals surface area contributed by atoms with Gasteiger partial charge in [0.1, 0.15) is 0 Å². The van der Waals surface area contributed by atoms with E-state index in [1.807, 2.05) is 0 Å². The van der Waals surface area contributed by atoms with Crippen LogP contribution in [-0.4, -0.2) is 10.5 Å². The van der Waals surface area contributed by atoms with Crippen LogP contribution < -0.4 is 5.32 Å². The molecule has 0 aliphatic heterocycles. The van der Waals surface area contributed by atoms with Gasteiger partial charge >= 0.3 is 0 Å². The average molecular weight is 216 g/mol. The number of rotatable bonds is 2. The van der Waals surface area contributed by atoms with E-state index >= 15 is 0 Å². The molecule has 1 aromatic heterocycles. The minimum Gasteiger partial charge on any atom is -0.357 e. The summed E-state index contributed by atoms with van der Waals surface area (Å²) in [5.41, 5.74) is 3.97. The Morgan fingerprint density at radius 3 is 2.62 bits per heavy atom. The van der Waals surface area contributed by atoms with Crippen LogP contribution in [0.25, 0.3) is 10.9 Å². The van der Waals surface area contributed by atoms with E-state index in [2.05, 4.69) is 62.3 Å². The molecule has 2 aromatic rings. The molecule has 0 bridgehead atoms. The highest BCUT2D eigenvalue weighted by Crippen LogP contribution is 2.19. The van der Waals surface area contributed by atoms with Crippen molar-refractivity contribution in [2.45, 2.75) is 39.8 Å². The van der Waals surface area contributed by atoms with Gasteiger partial charge in [-0.25, -0.2) is 0 Å².